The van der Waals surface area contributed by atoms with Crippen molar-refractivity contribution in [1.29, 1.82) is 5.26 Å². The summed E-state index contributed by atoms with van der Waals surface area (Å²) >= 11 is 0. The summed E-state index contributed by atoms with van der Waals surface area (Å²) in [6.45, 7) is 2.75. The van der Waals surface area contributed by atoms with Crippen LogP contribution in [0.15, 0.2) is 18.2 Å². The molecule has 0 spiro atoms. The summed E-state index contributed by atoms with van der Waals surface area (Å²) in [5.74, 6) is 0. The van der Waals surface area contributed by atoms with E-state index < -0.39 is 5.60 Å². The van der Waals surface area contributed by atoms with Crippen LogP contribution in [0, 0.1) is 11.3 Å². The van der Waals surface area contributed by atoms with Crippen molar-refractivity contribution in [1.82, 2.24) is 4.90 Å². The number of hydrogen-bond donors (Lipinski definition) is 3. The van der Waals surface area contributed by atoms with Crippen LogP contribution >= 0.6 is 0 Å². The molecular weight excluding hydrogens is 228 g/mol. The molecule has 0 bridgehead atoms. The van der Waals surface area contributed by atoms with Crippen LogP contribution < -0.4 is 11.1 Å². The van der Waals surface area contributed by atoms with Gasteiger partial charge in [-0.05, 0) is 39.2 Å². The molecule has 1 aromatic carbocycles. The first-order valence-electron chi connectivity index (χ1n) is 5.75. The summed E-state index contributed by atoms with van der Waals surface area (Å²) in [6.07, 6.45) is 0. The lowest BCUT2D eigenvalue weighted by Gasteiger charge is -2.27. The van der Waals surface area contributed by atoms with Crippen LogP contribution in [0.25, 0.3) is 0 Å². The Morgan fingerprint density at radius 2 is 2.17 bits per heavy atom. The second-order valence-corrected chi connectivity index (χ2v) is 5.00. The number of rotatable bonds is 5. The Hall–Kier alpha value is -1.77. The SMILES string of the molecule is CN(C)CC(C)(O)CNc1ccc(C#N)c(N)c1. The van der Waals surface area contributed by atoms with E-state index in [1.807, 2.05) is 25.1 Å². The normalized spacial score (nSPS) is 14.0. The summed E-state index contributed by atoms with van der Waals surface area (Å²) in [5.41, 5.74) is 6.59. The van der Waals surface area contributed by atoms with Gasteiger partial charge in [0, 0.05) is 18.8 Å². The van der Waals surface area contributed by atoms with E-state index >= 15 is 0 Å². The molecule has 0 aliphatic rings. The summed E-state index contributed by atoms with van der Waals surface area (Å²) in [4.78, 5) is 1.93. The van der Waals surface area contributed by atoms with Gasteiger partial charge >= 0.3 is 0 Å². The molecule has 98 valence electrons. The van der Waals surface area contributed by atoms with Crippen molar-refractivity contribution >= 4 is 11.4 Å². The Labute approximate surface area is 108 Å². The first-order chi connectivity index (χ1) is 8.34. The van der Waals surface area contributed by atoms with Gasteiger partial charge in [0.15, 0.2) is 0 Å². The van der Waals surface area contributed by atoms with Crippen molar-refractivity contribution in [3.63, 3.8) is 0 Å². The first kappa shape index (κ1) is 14.3. The average molecular weight is 248 g/mol. The molecule has 1 aromatic rings. The van der Waals surface area contributed by atoms with E-state index in [4.69, 9.17) is 11.0 Å². The molecule has 18 heavy (non-hydrogen) atoms. The third kappa shape index (κ3) is 4.24. The first-order valence-corrected chi connectivity index (χ1v) is 5.75. The lowest BCUT2D eigenvalue weighted by molar-refractivity contribution is 0.0460. The van der Waals surface area contributed by atoms with Gasteiger partial charge in [-0.15, -0.1) is 0 Å². The van der Waals surface area contributed by atoms with Gasteiger partial charge in [-0.3, -0.25) is 0 Å². The van der Waals surface area contributed by atoms with Crippen molar-refractivity contribution in [3.05, 3.63) is 23.8 Å². The molecule has 5 nitrogen and oxygen atoms in total. The van der Waals surface area contributed by atoms with E-state index in [1.54, 1.807) is 25.1 Å². The van der Waals surface area contributed by atoms with Crippen molar-refractivity contribution < 1.29 is 5.11 Å². The molecule has 0 fully saturated rings. The van der Waals surface area contributed by atoms with Crippen LogP contribution in [0.3, 0.4) is 0 Å². The van der Waals surface area contributed by atoms with Crippen LogP contribution in [0.1, 0.15) is 12.5 Å². The highest BCUT2D eigenvalue weighted by molar-refractivity contribution is 5.62. The zero-order chi connectivity index (χ0) is 13.8. The molecule has 1 rings (SSSR count). The Morgan fingerprint density at radius 3 is 2.67 bits per heavy atom. The predicted molar refractivity (Wildman–Crippen MR) is 73.2 cm³/mol. The van der Waals surface area contributed by atoms with Crippen molar-refractivity contribution in [2.24, 2.45) is 0 Å². The summed E-state index contributed by atoms with van der Waals surface area (Å²) in [7, 11) is 3.82. The third-order valence-corrected chi connectivity index (χ3v) is 2.50. The number of nitriles is 1. The Morgan fingerprint density at radius 1 is 1.50 bits per heavy atom. The number of likely N-dealkylation sites (N-methyl/N-ethyl adjacent to an activating group) is 1. The molecule has 0 heterocycles. The average Bonchev–Trinajstić information content (AvgIpc) is 2.25. The Kier molecular flexibility index (Phi) is 4.54. The maximum atomic E-state index is 10.1. The fraction of sp³-hybridized carbons (Fsp3) is 0.462. The molecule has 5 heteroatoms. The number of nitrogens with zero attached hydrogens (tertiary/aromatic N) is 2. The number of aliphatic hydroxyl groups is 1. The smallest absolute Gasteiger partial charge is 0.101 e. The number of hydrogen-bond acceptors (Lipinski definition) is 5. The molecule has 4 N–H and O–H groups in total. The molecule has 0 amide bonds. The standard InChI is InChI=1S/C13H20N4O/c1-13(18,9-17(2)3)8-16-11-5-4-10(7-14)12(15)6-11/h4-6,16,18H,8-9,15H2,1-3H3. The largest absolute Gasteiger partial charge is 0.398 e. The maximum Gasteiger partial charge on any atom is 0.101 e. The lowest BCUT2D eigenvalue weighted by atomic mass is 10.1. The number of benzene rings is 1. The van der Waals surface area contributed by atoms with Crippen LogP contribution in [-0.4, -0.2) is 42.8 Å². The van der Waals surface area contributed by atoms with Crippen molar-refractivity contribution in [2.45, 2.75) is 12.5 Å². The van der Waals surface area contributed by atoms with Crippen molar-refractivity contribution in [3.8, 4) is 6.07 Å². The number of nitrogens with two attached hydrogens (primary N) is 1. The van der Waals surface area contributed by atoms with Crippen LogP contribution in [0.5, 0.6) is 0 Å². The number of nitrogens with one attached hydrogen (secondary N) is 1. The molecule has 0 aromatic heterocycles. The van der Waals surface area contributed by atoms with Gasteiger partial charge in [-0.25, -0.2) is 0 Å². The van der Waals surface area contributed by atoms with Crippen LogP contribution in [0.2, 0.25) is 0 Å². The minimum atomic E-state index is -0.827. The predicted octanol–water partition coefficient (Wildman–Crippen LogP) is 0.865. The van der Waals surface area contributed by atoms with Gasteiger partial charge in [0.1, 0.15) is 6.07 Å². The Balaban J connectivity index is 2.64. The van der Waals surface area contributed by atoms with E-state index in [1.165, 1.54) is 0 Å². The fourth-order valence-corrected chi connectivity index (χ4v) is 1.80. The van der Waals surface area contributed by atoms with Gasteiger partial charge in [0.2, 0.25) is 0 Å². The topological polar surface area (TPSA) is 85.3 Å². The van der Waals surface area contributed by atoms with E-state index in [0.717, 1.165) is 5.69 Å². The van der Waals surface area contributed by atoms with Gasteiger partial charge < -0.3 is 21.1 Å². The minimum Gasteiger partial charge on any atom is -0.398 e. The number of nitrogen functional groups attached to an aromatic ring is 1. The van der Waals surface area contributed by atoms with Gasteiger partial charge in [-0.2, -0.15) is 5.26 Å². The Bertz CT molecular complexity index is 449. The van der Waals surface area contributed by atoms with E-state index in [0.29, 0.717) is 24.3 Å². The van der Waals surface area contributed by atoms with Gasteiger partial charge in [-0.1, -0.05) is 0 Å². The second kappa shape index (κ2) is 5.71. The third-order valence-electron chi connectivity index (χ3n) is 2.50. The summed E-state index contributed by atoms with van der Waals surface area (Å²) < 4.78 is 0. The molecule has 0 aliphatic carbocycles. The zero-order valence-electron chi connectivity index (χ0n) is 11.1. The molecule has 1 unspecified atom stereocenters. The van der Waals surface area contributed by atoms with Gasteiger partial charge in [0.05, 0.1) is 16.9 Å². The van der Waals surface area contributed by atoms with E-state index in [2.05, 4.69) is 5.32 Å². The van der Waals surface area contributed by atoms with Crippen molar-refractivity contribution in [2.75, 3.05) is 38.2 Å². The lowest BCUT2D eigenvalue weighted by Crippen LogP contribution is -2.43. The highest BCUT2D eigenvalue weighted by Crippen LogP contribution is 2.18. The summed E-state index contributed by atoms with van der Waals surface area (Å²) in [6, 6.07) is 7.15. The number of anilines is 2. The quantitative estimate of drug-likeness (QED) is 0.673. The minimum absolute atomic E-state index is 0.413. The van der Waals surface area contributed by atoms with Crippen LogP contribution in [0.4, 0.5) is 11.4 Å². The van der Waals surface area contributed by atoms with E-state index in [-0.39, 0.29) is 0 Å². The maximum absolute atomic E-state index is 10.1. The second-order valence-electron chi connectivity index (χ2n) is 5.00. The molecule has 1 atom stereocenters. The molecule has 0 saturated heterocycles. The molecule has 0 radical (unpaired) electrons. The fourth-order valence-electron chi connectivity index (χ4n) is 1.80. The molecule has 0 saturated carbocycles. The van der Waals surface area contributed by atoms with Gasteiger partial charge in [0.25, 0.3) is 0 Å². The molecular formula is C13H20N4O. The van der Waals surface area contributed by atoms with E-state index in [9.17, 15) is 5.11 Å². The highest BCUT2D eigenvalue weighted by Gasteiger charge is 2.20. The highest BCUT2D eigenvalue weighted by atomic mass is 16.3. The van der Waals surface area contributed by atoms with Crippen LogP contribution in [-0.2, 0) is 0 Å². The monoisotopic (exact) mass is 248 g/mol. The molecule has 0 aliphatic heterocycles. The summed E-state index contributed by atoms with van der Waals surface area (Å²) in [5, 5.41) is 22.0. The zero-order valence-corrected chi connectivity index (χ0v) is 11.1.